The van der Waals surface area contributed by atoms with E-state index in [0.717, 1.165) is 32.1 Å². The molecule has 1 fully saturated rings. The topological polar surface area (TPSA) is 109 Å². The fraction of sp³-hybridized carbons (Fsp3) is 0.300. The molecular weight excluding hydrogens is 515 g/mol. The highest BCUT2D eigenvalue weighted by atomic mass is 19.1. The van der Waals surface area contributed by atoms with E-state index in [1.54, 1.807) is 43.3 Å². The molecule has 1 aliphatic carbocycles. The molecule has 206 valence electrons. The van der Waals surface area contributed by atoms with Crippen LogP contribution in [0, 0.1) is 15.9 Å². The largest absolute Gasteiger partial charge is 0.490 e. The molecule has 3 aromatic carbocycles. The first-order valence-electron chi connectivity index (χ1n) is 13.3. The fourth-order valence-electron chi connectivity index (χ4n) is 4.99. The van der Waals surface area contributed by atoms with Crippen LogP contribution in [0.3, 0.4) is 0 Å². The number of para-hydroxylation sites is 1. The van der Waals surface area contributed by atoms with Gasteiger partial charge in [0, 0.05) is 23.1 Å². The maximum Gasteiger partial charge on any atom is 0.315 e. The minimum atomic E-state index is -0.590. The van der Waals surface area contributed by atoms with Gasteiger partial charge in [-0.2, -0.15) is 9.78 Å². The molecule has 0 unspecified atom stereocenters. The van der Waals surface area contributed by atoms with Gasteiger partial charge in [0.15, 0.2) is 5.75 Å². The molecule has 1 heterocycles. The van der Waals surface area contributed by atoms with Crippen molar-refractivity contribution in [3.05, 3.63) is 104 Å². The second-order valence-corrected chi connectivity index (χ2v) is 9.62. The molecule has 0 radical (unpaired) electrons. The van der Waals surface area contributed by atoms with Crippen molar-refractivity contribution in [2.45, 2.75) is 51.6 Å². The van der Waals surface area contributed by atoms with E-state index in [1.807, 2.05) is 12.1 Å². The zero-order chi connectivity index (χ0) is 28.1. The molecule has 1 aliphatic rings. The summed E-state index contributed by atoms with van der Waals surface area (Å²) in [5.41, 5.74) is 0.545. The third kappa shape index (κ3) is 5.70. The van der Waals surface area contributed by atoms with Crippen LogP contribution in [0.25, 0.3) is 10.9 Å². The van der Waals surface area contributed by atoms with Gasteiger partial charge < -0.3 is 9.47 Å². The molecule has 0 bridgehead atoms. The molecule has 1 saturated carbocycles. The Labute approximate surface area is 230 Å². The summed E-state index contributed by atoms with van der Waals surface area (Å²) in [6, 6.07) is 16.0. The fourth-order valence-corrected chi connectivity index (χ4v) is 4.99. The van der Waals surface area contributed by atoms with Gasteiger partial charge in [-0.15, -0.1) is 0 Å². The van der Waals surface area contributed by atoms with Gasteiger partial charge >= 0.3 is 5.69 Å². The predicted octanol–water partition coefficient (Wildman–Crippen LogP) is 6.35. The lowest BCUT2D eigenvalue weighted by Crippen LogP contribution is -2.25. The van der Waals surface area contributed by atoms with E-state index in [-0.39, 0.29) is 47.4 Å². The Bertz CT molecular complexity index is 1630. The lowest BCUT2D eigenvalue weighted by molar-refractivity contribution is -0.386. The maximum atomic E-state index is 14.1. The van der Waals surface area contributed by atoms with E-state index >= 15 is 0 Å². The third-order valence-corrected chi connectivity index (χ3v) is 6.96. The Morgan fingerprint density at radius 3 is 2.60 bits per heavy atom. The van der Waals surface area contributed by atoms with Crippen LogP contribution in [0.15, 0.2) is 70.6 Å². The molecule has 0 aliphatic heterocycles. The van der Waals surface area contributed by atoms with Crippen molar-refractivity contribution in [2.75, 3.05) is 6.61 Å². The predicted molar refractivity (Wildman–Crippen MR) is 150 cm³/mol. The van der Waals surface area contributed by atoms with Gasteiger partial charge in [-0.1, -0.05) is 49.6 Å². The molecular formula is C30H29FN4O5. The summed E-state index contributed by atoms with van der Waals surface area (Å²) in [7, 11) is 0. The van der Waals surface area contributed by atoms with Crippen LogP contribution in [-0.4, -0.2) is 27.4 Å². The summed E-state index contributed by atoms with van der Waals surface area (Å²) in [5, 5.41) is 17.0. The molecule has 40 heavy (non-hydrogen) atoms. The van der Waals surface area contributed by atoms with Crippen LogP contribution in [0.4, 0.5) is 10.1 Å². The van der Waals surface area contributed by atoms with Gasteiger partial charge in [0.05, 0.1) is 28.6 Å². The number of nitro benzene ring substituents is 1. The minimum Gasteiger partial charge on any atom is -0.490 e. The smallest absolute Gasteiger partial charge is 0.315 e. The molecule has 10 heteroatoms. The normalized spacial score (nSPS) is 14.1. The Morgan fingerprint density at radius 1 is 1.10 bits per heavy atom. The minimum absolute atomic E-state index is 0.0886. The number of fused-ring (bicyclic) bond motifs is 1. The van der Waals surface area contributed by atoms with Crippen molar-refractivity contribution in [2.24, 2.45) is 5.10 Å². The summed E-state index contributed by atoms with van der Waals surface area (Å²) in [4.78, 5) is 29.7. The van der Waals surface area contributed by atoms with Gasteiger partial charge in [0.25, 0.3) is 5.56 Å². The lowest BCUT2D eigenvalue weighted by Gasteiger charge is -2.22. The number of rotatable bonds is 9. The number of nitro groups is 1. The Hall–Kier alpha value is -4.60. The Kier molecular flexibility index (Phi) is 8.14. The second kappa shape index (κ2) is 12.1. The number of ether oxygens (including phenoxy) is 2. The van der Waals surface area contributed by atoms with E-state index in [9.17, 15) is 19.3 Å². The molecule has 5 rings (SSSR count). The van der Waals surface area contributed by atoms with E-state index in [1.165, 1.54) is 23.0 Å². The zero-order valence-electron chi connectivity index (χ0n) is 22.1. The van der Waals surface area contributed by atoms with Gasteiger partial charge in [0.1, 0.15) is 18.2 Å². The molecule has 9 nitrogen and oxygen atoms in total. The number of hydrogen-bond donors (Lipinski definition) is 0. The van der Waals surface area contributed by atoms with Crippen molar-refractivity contribution < 1.29 is 18.8 Å². The van der Waals surface area contributed by atoms with Crippen molar-refractivity contribution >= 4 is 22.8 Å². The van der Waals surface area contributed by atoms with Crippen LogP contribution in [-0.2, 0) is 6.61 Å². The highest BCUT2D eigenvalue weighted by Crippen LogP contribution is 2.39. The average Bonchev–Trinajstić information content (AvgIpc) is 2.97. The van der Waals surface area contributed by atoms with Gasteiger partial charge in [-0.05, 0) is 44.0 Å². The third-order valence-electron chi connectivity index (χ3n) is 6.96. The quantitative estimate of drug-likeness (QED) is 0.138. The number of halogens is 1. The molecule has 0 saturated heterocycles. The first-order valence-corrected chi connectivity index (χ1v) is 13.3. The van der Waals surface area contributed by atoms with Crippen LogP contribution in [0.2, 0.25) is 0 Å². The molecule has 0 N–H and O–H groups in total. The summed E-state index contributed by atoms with van der Waals surface area (Å²) < 4.78 is 26.8. The van der Waals surface area contributed by atoms with Crippen molar-refractivity contribution in [1.82, 2.24) is 9.66 Å². The highest BCUT2D eigenvalue weighted by molar-refractivity contribution is 5.83. The summed E-state index contributed by atoms with van der Waals surface area (Å²) in [6.45, 7) is 1.74. The maximum absolute atomic E-state index is 14.1. The molecule has 0 spiro atoms. The van der Waals surface area contributed by atoms with Crippen LogP contribution >= 0.6 is 0 Å². The number of aromatic nitrogens is 2. The van der Waals surface area contributed by atoms with Crippen LogP contribution in [0.1, 0.15) is 61.9 Å². The van der Waals surface area contributed by atoms with Crippen LogP contribution < -0.4 is 15.0 Å². The number of benzene rings is 3. The van der Waals surface area contributed by atoms with Gasteiger partial charge in [-0.25, -0.2) is 9.37 Å². The van der Waals surface area contributed by atoms with Gasteiger partial charge in [-0.3, -0.25) is 14.9 Å². The molecule has 4 aromatic rings. The number of hydrogen-bond acceptors (Lipinski definition) is 7. The zero-order valence-corrected chi connectivity index (χ0v) is 22.1. The van der Waals surface area contributed by atoms with Crippen LogP contribution in [0.5, 0.6) is 11.5 Å². The van der Waals surface area contributed by atoms with Gasteiger partial charge in [0.2, 0.25) is 5.75 Å². The van der Waals surface area contributed by atoms with E-state index < -0.39 is 10.7 Å². The van der Waals surface area contributed by atoms with E-state index in [4.69, 9.17) is 14.5 Å². The molecule has 0 amide bonds. The Balaban J connectivity index is 1.55. The van der Waals surface area contributed by atoms with Crippen molar-refractivity contribution in [3.8, 4) is 11.5 Å². The first kappa shape index (κ1) is 27.0. The van der Waals surface area contributed by atoms with Crippen molar-refractivity contribution in [1.29, 1.82) is 0 Å². The van der Waals surface area contributed by atoms with E-state index in [0.29, 0.717) is 22.3 Å². The second-order valence-electron chi connectivity index (χ2n) is 9.62. The standard InChI is InChI=1S/C30H29FN4O5/c1-2-39-27-17-20(16-26(35(37)38)28(27)40-19-22-12-6-8-14-24(22)31)18-32-34-29(21-10-4-3-5-11-21)33-25-15-9-7-13-23(25)30(34)36/h6-9,12-18,21H,2-5,10-11,19H2,1H3. The first-order chi connectivity index (χ1) is 19.5. The SMILES string of the molecule is CCOc1cc(C=Nn2c(C3CCCCC3)nc3ccccc3c2=O)cc([N+](=O)[O-])c1OCc1ccccc1F. The summed E-state index contributed by atoms with van der Waals surface area (Å²) in [5.74, 6) is 0.204. The summed E-state index contributed by atoms with van der Waals surface area (Å²) in [6.07, 6.45) is 6.46. The number of nitrogens with zero attached hydrogens (tertiary/aromatic N) is 4. The highest BCUT2D eigenvalue weighted by Gasteiger charge is 2.24. The average molecular weight is 545 g/mol. The summed E-state index contributed by atoms with van der Waals surface area (Å²) >= 11 is 0. The molecule has 0 atom stereocenters. The lowest BCUT2D eigenvalue weighted by atomic mass is 9.88. The van der Waals surface area contributed by atoms with Crippen molar-refractivity contribution in [3.63, 3.8) is 0 Å². The Morgan fingerprint density at radius 2 is 1.85 bits per heavy atom. The molecule has 1 aromatic heterocycles. The van der Waals surface area contributed by atoms with E-state index in [2.05, 4.69) is 5.10 Å². The monoisotopic (exact) mass is 544 g/mol.